The Balaban J connectivity index is 1.91. The predicted octanol–water partition coefficient (Wildman–Crippen LogP) is 1.50. The molecule has 6 heteroatoms. The highest BCUT2D eigenvalue weighted by molar-refractivity contribution is 5.87. The van der Waals surface area contributed by atoms with Gasteiger partial charge in [0.15, 0.2) is 0 Å². The lowest BCUT2D eigenvalue weighted by Crippen LogP contribution is -2.56. The number of hydrogen-bond donors (Lipinski definition) is 2. The lowest BCUT2D eigenvalue weighted by molar-refractivity contribution is -0.149. The maximum atomic E-state index is 12.1. The summed E-state index contributed by atoms with van der Waals surface area (Å²) in [5, 5.41) is 16.3. The molecule has 0 bridgehead atoms. The maximum Gasteiger partial charge on any atom is 0.329 e. The van der Waals surface area contributed by atoms with E-state index in [-0.39, 0.29) is 12.3 Å². The van der Waals surface area contributed by atoms with Crippen molar-refractivity contribution in [2.75, 3.05) is 0 Å². The highest BCUT2D eigenvalue weighted by atomic mass is 16.4. The molecule has 1 aromatic heterocycles. The van der Waals surface area contributed by atoms with Crippen LogP contribution in [0, 0.1) is 5.92 Å². The fourth-order valence-corrected chi connectivity index (χ4v) is 2.84. The summed E-state index contributed by atoms with van der Waals surface area (Å²) < 4.78 is 1.69. The van der Waals surface area contributed by atoms with Crippen molar-refractivity contribution in [3.8, 4) is 0 Å². The van der Waals surface area contributed by atoms with Crippen LogP contribution < -0.4 is 5.32 Å². The van der Waals surface area contributed by atoms with E-state index in [4.69, 9.17) is 0 Å². The Bertz CT molecular complexity index is 516. The minimum atomic E-state index is -1.07. The molecule has 21 heavy (non-hydrogen) atoms. The van der Waals surface area contributed by atoms with Crippen molar-refractivity contribution in [3.63, 3.8) is 0 Å². The minimum Gasteiger partial charge on any atom is -0.480 e. The zero-order valence-electron chi connectivity index (χ0n) is 12.6. The first kappa shape index (κ1) is 15.5. The number of nitrogens with zero attached hydrogens (tertiary/aromatic N) is 2. The van der Waals surface area contributed by atoms with Crippen LogP contribution in [-0.2, 0) is 23.1 Å². The van der Waals surface area contributed by atoms with Gasteiger partial charge in [0, 0.05) is 19.7 Å². The van der Waals surface area contributed by atoms with Gasteiger partial charge >= 0.3 is 5.97 Å². The van der Waals surface area contributed by atoms with Gasteiger partial charge < -0.3 is 10.4 Å². The molecule has 0 unspecified atom stereocenters. The molecule has 1 saturated carbocycles. The number of aliphatic carboxylic acids is 1. The van der Waals surface area contributed by atoms with Crippen molar-refractivity contribution in [2.45, 2.75) is 51.0 Å². The van der Waals surface area contributed by atoms with Gasteiger partial charge in [-0.2, -0.15) is 5.10 Å². The third kappa shape index (κ3) is 3.83. The van der Waals surface area contributed by atoms with Crippen LogP contribution in [-0.4, -0.2) is 32.3 Å². The lowest BCUT2D eigenvalue weighted by Gasteiger charge is -2.36. The third-order valence-electron chi connectivity index (χ3n) is 4.31. The van der Waals surface area contributed by atoms with Crippen LogP contribution in [0.2, 0.25) is 0 Å². The summed E-state index contributed by atoms with van der Waals surface area (Å²) in [6.45, 7) is 2.12. The summed E-state index contributed by atoms with van der Waals surface area (Å²) >= 11 is 0. The summed E-state index contributed by atoms with van der Waals surface area (Å²) in [6, 6.07) is 0. The predicted molar refractivity (Wildman–Crippen MR) is 77.7 cm³/mol. The average Bonchev–Trinajstić information content (AvgIpc) is 2.85. The second-order valence-electron chi connectivity index (χ2n) is 6.14. The number of carbonyl (C=O) groups excluding carboxylic acids is 1. The van der Waals surface area contributed by atoms with Gasteiger partial charge in [-0.15, -0.1) is 0 Å². The second kappa shape index (κ2) is 6.28. The van der Waals surface area contributed by atoms with Crippen molar-refractivity contribution < 1.29 is 14.7 Å². The van der Waals surface area contributed by atoms with Gasteiger partial charge in [0.1, 0.15) is 5.54 Å². The molecule has 2 N–H and O–H groups in total. The van der Waals surface area contributed by atoms with Gasteiger partial charge in [-0.25, -0.2) is 4.79 Å². The Morgan fingerprint density at radius 1 is 1.48 bits per heavy atom. The van der Waals surface area contributed by atoms with E-state index in [1.54, 1.807) is 10.9 Å². The molecule has 0 atom stereocenters. The monoisotopic (exact) mass is 293 g/mol. The number of amides is 1. The molecule has 0 saturated heterocycles. The van der Waals surface area contributed by atoms with E-state index >= 15 is 0 Å². The van der Waals surface area contributed by atoms with Crippen LogP contribution in [0.5, 0.6) is 0 Å². The maximum absolute atomic E-state index is 12.1. The Morgan fingerprint density at radius 2 is 2.14 bits per heavy atom. The van der Waals surface area contributed by atoms with E-state index in [1.807, 2.05) is 13.2 Å². The van der Waals surface area contributed by atoms with Gasteiger partial charge in [0.25, 0.3) is 0 Å². The van der Waals surface area contributed by atoms with E-state index in [0.717, 1.165) is 18.4 Å². The van der Waals surface area contributed by atoms with Crippen LogP contribution in [0.1, 0.15) is 44.6 Å². The number of carboxylic acids is 1. The summed E-state index contributed by atoms with van der Waals surface area (Å²) in [6.07, 6.45) is 7.17. The van der Waals surface area contributed by atoms with Crippen molar-refractivity contribution >= 4 is 11.9 Å². The molecule has 6 nitrogen and oxygen atoms in total. The summed E-state index contributed by atoms with van der Waals surface area (Å²) in [4.78, 5) is 23.6. The largest absolute Gasteiger partial charge is 0.480 e. The van der Waals surface area contributed by atoms with Crippen LogP contribution in [0.4, 0.5) is 0 Å². The Kier molecular flexibility index (Phi) is 4.65. The number of carbonyl (C=O) groups is 2. The van der Waals surface area contributed by atoms with Crippen LogP contribution in [0.3, 0.4) is 0 Å². The molecule has 0 radical (unpaired) electrons. The summed E-state index contributed by atoms with van der Waals surface area (Å²) in [5.74, 6) is -0.579. The standard InChI is InChI=1S/C15H23N3O3/c1-11-5-7-15(8-6-11,14(20)21)17-13(19)4-3-12-9-16-18(2)10-12/h9-11H,3-8H2,1-2H3,(H,17,19)(H,20,21). The zero-order valence-corrected chi connectivity index (χ0v) is 12.6. The second-order valence-corrected chi connectivity index (χ2v) is 6.14. The lowest BCUT2D eigenvalue weighted by atomic mass is 9.77. The number of nitrogens with one attached hydrogen (secondary N) is 1. The van der Waals surface area contributed by atoms with Gasteiger partial charge in [-0.1, -0.05) is 6.92 Å². The first-order valence-corrected chi connectivity index (χ1v) is 7.43. The molecule has 1 aliphatic carbocycles. The SMILES string of the molecule is CC1CCC(NC(=O)CCc2cnn(C)c2)(C(=O)O)CC1. The first-order chi connectivity index (χ1) is 9.91. The molecule has 1 fully saturated rings. The summed E-state index contributed by atoms with van der Waals surface area (Å²) in [5.41, 5.74) is -0.0901. The fraction of sp³-hybridized carbons (Fsp3) is 0.667. The van der Waals surface area contributed by atoms with Gasteiger partial charge in [-0.05, 0) is 43.6 Å². The number of rotatable bonds is 5. The van der Waals surface area contributed by atoms with Gasteiger partial charge in [-0.3, -0.25) is 9.48 Å². The van der Waals surface area contributed by atoms with E-state index in [2.05, 4.69) is 17.3 Å². The molecule has 2 rings (SSSR count). The molecular formula is C15H23N3O3. The molecule has 116 valence electrons. The number of aryl methyl sites for hydroxylation is 2. The normalized spacial score (nSPS) is 25.5. The van der Waals surface area contributed by atoms with Gasteiger partial charge in [0.05, 0.1) is 6.20 Å². The van der Waals surface area contributed by atoms with Crippen molar-refractivity contribution in [2.24, 2.45) is 13.0 Å². The zero-order chi connectivity index (χ0) is 15.5. The quantitative estimate of drug-likeness (QED) is 0.861. The summed E-state index contributed by atoms with van der Waals surface area (Å²) in [7, 11) is 1.83. The molecule has 0 aromatic carbocycles. The number of hydrogen-bond acceptors (Lipinski definition) is 3. The Hall–Kier alpha value is -1.85. The number of carboxylic acid groups (broad SMARTS) is 1. The molecule has 1 aromatic rings. The highest BCUT2D eigenvalue weighted by Gasteiger charge is 2.42. The molecule has 0 aliphatic heterocycles. The Morgan fingerprint density at radius 3 is 2.67 bits per heavy atom. The smallest absolute Gasteiger partial charge is 0.329 e. The highest BCUT2D eigenvalue weighted by Crippen LogP contribution is 2.32. The first-order valence-electron chi connectivity index (χ1n) is 7.43. The van der Waals surface area contributed by atoms with Crippen LogP contribution in [0.25, 0.3) is 0 Å². The third-order valence-corrected chi connectivity index (χ3v) is 4.31. The minimum absolute atomic E-state index is 0.198. The van der Waals surface area contributed by atoms with E-state index in [0.29, 0.717) is 25.2 Å². The molecule has 1 amide bonds. The van der Waals surface area contributed by atoms with Crippen molar-refractivity contribution in [1.82, 2.24) is 15.1 Å². The molecule has 1 heterocycles. The van der Waals surface area contributed by atoms with E-state index in [9.17, 15) is 14.7 Å². The van der Waals surface area contributed by atoms with Crippen molar-refractivity contribution in [1.29, 1.82) is 0 Å². The van der Waals surface area contributed by atoms with E-state index < -0.39 is 11.5 Å². The van der Waals surface area contributed by atoms with Crippen molar-refractivity contribution in [3.05, 3.63) is 18.0 Å². The Labute approximate surface area is 124 Å². The van der Waals surface area contributed by atoms with E-state index in [1.165, 1.54) is 0 Å². The topological polar surface area (TPSA) is 84.2 Å². The molecule has 1 aliphatic rings. The molecule has 0 spiro atoms. The van der Waals surface area contributed by atoms with Crippen LogP contribution in [0.15, 0.2) is 12.4 Å². The average molecular weight is 293 g/mol. The number of aromatic nitrogens is 2. The fourth-order valence-electron chi connectivity index (χ4n) is 2.84. The molecular weight excluding hydrogens is 270 g/mol. The van der Waals surface area contributed by atoms with Crippen LogP contribution >= 0.6 is 0 Å². The van der Waals surface area contributed by atoms with Gasteiger partial charge in [0.2, 0.25) is 5.91 Å².